The van der Waals surface area contributed by atoms with Gasteiger partial charge in [0.05, 0.1) is 11.7 Å². The monoisotopic (exact) mass is 346 g/mol. The Labute approximate surface area is 151 Å². The van der Waals surface area contributed by atoms with E-state index in [4.69, 9.17) is 0 Å². The second kappa shape index (κ2) is 7.08. The van der Waals surface area contributed by atoms with Crippen LogP contribution in [0.1, 0.15) is 35.2 Å². The second-order valence-corrected chi connectivity index (χ2v) is 6.58. The Bertz CT molecular complexity index is 859. The van der Waals surface area contributed by atoms with E-state index in [9.17, 15) is 9.18 Å². The molecular formula is C22H19FN2O. The van der Waals surface area contributed by atoms with Gasteiger partial charge in [-0.2, -0.15) is 0 Å². The quantitative estimate of drug-likeness (QED) is 0.751. The van der Waals surface area contributed by atoms with Gasteiger partial charge in [0.2, 0.25) is 5.91 Å². The molecule has 0 saturated heterocycles. The maximum absolute atomic E-state index is 14.0. The number of nitrogens with zero attached hydrogens (tertiary/aromatic N) is 1. The van der Waals surface area contributed by atoms with Crippen molar-refractivity contribution in [1.29, 1.82) is 0 Å². The van der Waals surface area contributed by atoms with E-state index < -0.39 is 0 Å². The third kappa shape index (κ3) is 3.36. The van der Waals surface area contributed by atoms with E-state index in [1.54, 1.807) is 18.3 Å². The molecule has 1 aliphatic carbocycles. The summed E-state index contributed by atoms with van der Waals surface area (Å²) in [6.07, 6.45) is 2.40. The molecule has 130 valence electrons. The van der Waals surface area contributed by atoms with Crippen LogP contribution in [-0.4, -0.2) is 10.9 Å². The van der Waals surface area contributed by atoms with Crippen molar-refractivity contribution in [3.8, 4) is 0 Å². The second-order valence-electron chi connectivity index (χ2n) is 6.58. The summed E-state index contributed by atoms with van der Waals surface area (Å²) in [4.78, 5) is 17.2. The number of hydrogen-bond donors (Lipinski definition) is 1. The van der Waals surface area contributed by atoms with Crippen molar-refractivity contribution in [2.45, 2.75) is 18.4 Å². The summed E-state index contributed by atoms with van der Waals surface area (Å²) in [6, 6.07) is 21.8. The first-order valence-electron chi connectivity index (χ1n) is 8.74. The normalized spacial score (nSPS) is 19.6. The predicted octanol–water partition coefficient (Wildman–Crippen LogP) is 4.23. The highest BCUT2D eigenvalue weighted by molar-refractivity contribution is 5.83. The van der Waals surface area contributed by atoms with Gasteiger partial charge < -0.3 is 5.32 Å². The Morgan fingerprint density at radius 3 is 2.46 bits per heavy atom. The molecule has 1 aliphatic rings. The Balaban J connectivity index is 1.54. The summed E-state index contributed by atoms with van der Waals surface area (Å²) in [6.45, 7) is 0. The van der Waals surface area contributed by atoms with Gasteiger partial charge in [-0.1, -0.05) is 54.6 Å². The zero-order chi connectivity index (χ0) is 17.9. The predicted molar refractivity (Wildman–Crippen MR) is 97.9 cm³/mol. The minimum absolute atomic E-state index is 0.0450. The Hall–Kier alpha value is -3.01. The van der Waals surface area contributed by atoms with Crippen molar-refractivity contribution in [1.82, 2.24) is 10.3 Å². The lowest BCUT2D eigenvalue weighted by atomic mass is 10.0. The van der Waals surface area contributed by atoms with Gasteiger partial charge >= 0.3 is 0 Å². The fourth-order valence-electron chi connectivity index (χ4n) is 3.37. The molecule has 0 spiro atoms. The molecule has 1 N–H and O–H groups in total. The first kappa shape index (κ1) is 16.5. The van der Waals surface area contributed by atoms with E-state index >= 15 is 0 Å². The third-order valence-electron chi connectivity index (χ3n) is 4.83. The molecule has 0 unspecified atom stereocenters. The van der Waals surface area contributed by atoms with Crippen LogP contribution < -0.4 is 5.32 Å². The van der Waals surface area contributed by atoms with E-state index in [1.807, 2.05) is 54.6 Å². The Morgan fingerprint density at radius 1 is 1.00 bits per heavy atom. The van der Waals surface area contributed by atoms with Crippen molar-refractivity contribution in [3.63, 3.8) is 0 Å². The molecule has 1 aromatic heterocycles. The number of pyridine rings is 1. The van der Waals surface area contributed by atoms with E-state index in [0.29, 0.717) is 12.0 Å². The zero-order valence-corrected chi connectivity index (χ0v) is 14.2. The molecule has 3 atom stereocenters. The molecule has 3 nitrogen and oxygen atoms in total. The van der Waals surface area contributed by atoms with Crippen molar-refractivity contribution in [2.75, 3.05) is 0 Å². The number of benzene rings is 2. The number of rotatable bonds is 5. The van der Waals surface area contributed by atoms with Gasteiger partial charge in [0.1, 0.15) is 5.82 Å². The van der Waals surface area contributed by atoms with Crippen LogP contribution in [0.5, 0.6) is 0 Å². The van der Waals surface area contributed by atoms with E-state index in [2.05, 4.69) is 10.3 Å². The standard InChI is InChI=1S/C22H19FN2O/c23-19-11-5-4-10-16(19)17-14-18(17)22(26)25-21(15-8-2-1-3-9-15)20-12-6-7-13-24-20/h1-13,17-18,21H,14H2,(H,25,26)/t17-,18-,21+/m1/s1. The summed E-state index contributed by atoms with van der Waals surface area (Å²) in [5.74, 6) is -0.534. The number of amides is 1. The SMILES string of the molecule is O=C(N[C@@H](c1ccccc1)c1ccccn1)[C@@H]1C[C@@H]1c1ccccc1F. The Kier molecular flexibility index (Phi) is 4.48. The van der Waals surface area contributed by atoms with Crippen molar-refractivity contribution < 1.29 is 9.18 Å². The van der Waals surface area contributed by atoms with Gasteiger partial charge in [-0.15, -0.1) is 0 Å². The topological polar surface area (TPSA) is 42.0 Å². The van der Waals surface area contributed by atoms with Crippen molar-refractivity contribution in [3.05, 3.63) is 102 Å². The van der Waals surface area contributed by atoms with Crippen LogP contribution in [-0.2, 0) is 4.79 Å². The molecule has 0 radical (unpaired) electrons. The summed E-state index contributed by atoms with van der Waals surface area (Å²) in [5.41, 5.74) is 2.39. The van der Waals surface area contributed by atoms with Crippen molar-refractivity contribution in [2.24, 2.45) is 5.92 Å². The number of carbonyl (C=O) groups excluding carboxylic acids is 1. The van der Waals surface area contributed by atoms with E-state index in [0.717, 1.165) is 11.3 Å². The minimum Gasteiger partial charge on any atom is -0.343 e. The van der Waals surface area contributed by atoms with Gasteiger partial charge in [-0.3, -0.25) is 9.78 Å². The summed E-state index contributed by atoms with van der Waals surface area (Å²) >= 11 is 0. The van der Waals surface area contributed by atoms with Crippen LogP contribution in [0.3, 0.4) is 0 Å². The molecule has 1 heterocycles. The van der Waals surface area contributed by atoms with Gasteiger partial charge in [-0.05, 0) is 41.7 Å². The van der Waals surface area contributed by atoms with Gasteiger partial charge in [0, 0.05) is 12.1 Å². The highest BCUT2D eigenvalue weighted by Gasteiger charge is 2.45. The number of nitrogens with one attached hydrogen (secondary N) is 1. The van der Waals surface area contributed by atoms with Gasteiger partial charge in [-0.25, -0.2) is 4.39 Å². The molecule has 1 fully saturated rings. The number of aromatic nitrogens is 1. The first-order chi connectivity index (χ1) is 12.7. The summed E-state index contributed by atoms with van der Waals surface area (Å²) in [7, 11) is 0. The molecule has 4 heteroatoms. The largest absolute Gasteiger partial charge is 0.343 e. The molecule has 3 aromatic rings. The maximum atomic E-state index is 14.0. The molecule has 1 saturated carbocycles. The van der Waals surface area contributed by atoms with Crippen LogP contribution in [0.2, 0.25) is 0 Å². The number of carbonyl (C=O) groups is 1. The molecule has 2 aromatic carbocycles. The minimum atomic E-state index is -0.313. The highest BCUT2D eigenvalue weighted by Crippen LogP contribution is 2.48. The fraction of sp³-hybridized carbons (Fsp3) is 0.182. The average Bonchev–Trinajstić information content (AvgIpc) is 3.48. The van der Waals surface area contributed by atoms with Gasteiger partial charge in [0.25, 0.3) is 0 Å². The van der Waals surface area contributed by atoms with Crippen LogP contribution >= 0.6 is 0 Å². The highest BCUT2D eigenvalue weighted by atomic mass is 19.1. The van der Waals surface area contributed by atoms with E-state index in [1.165, 1.54) is 6.07 Å². The lowest BCUT2D eigenvalue weighted by Crippen LogP contribution is -2.31. The molecule has 0 bridgehead atoms. The maximum Gasteiger partial charge on any atom is 0.224 e. The fourth-order valence-corrected chi connectivity index (χ4v) is 3.37. The van der Waals surface area contributed by atoms with Crippen LogP contribution in [0.4, 0.5) is 4.39 Å². The van der Waals surface area contributed by atoms with Crippen LogP contribution in [0.25, 0.3) is 0 Å². The van der Waals surface area contributed by atoms with Crippen molar-refractivity contribution >= 4 is 5.91 Å². The molecule has 26 heavy (non-hydrogen) atoms. The molecule has 1 amide bonds. The lowest BCUT2D eigenvalue weighted by Gasteiger charge is -2.19. The van der Waals surface area contributed by atoms with Crippen LogP contribution in [0.15, 0.2) is 79.0 Å². The molecule has 4 rings (SSSR count). The van der Waals surface area contributed by atoms with Crippen LogP contribution in [0, 0.1) is 11.7 Å². The Morgan fingerprint density at radius 2 is 1.73 bits per heavy atom. The van der Waals surface area contributed by atoms with E-state index in [-0.39, 0.29) is 29.6 Å². The lowest BCUT2D eigenvalue weighted by molar-refractivity contribution is -0.122. The molecular weight excluding hydrogens is 327 g/mol. The summed E-state index contributed by atoms with van der Waals surface area (Å²) in [5, 5.41) is 3.11. The number of halogens is 1. The molecule has 0 aliphatic heterocycles. The average molecular weight is 346 g/mol. The zero-order valence-electron chi connectivity index (χ0n) is 14.2. The third-order valence-corrected chi connectivity index (χ3v) is 4.83. The first-order valence-corrected chi connectivity index (χ1v) is 8.74. The number of hydrogen-bond acceptors (Lipinski definition) is 2. The smallest absolute Gasteiger partial charge is 0.224 e. The summed E-state index contributed by atoms with van der Waals surface area (Å²) < 4.78 is 14.0. The van der Waals surface area contributed by atoms with Gasteiger partial charge in [0.15, 0.2) is 0 Å².